The average Bonchev–Trinajstić information content (AvgIpc) is 2.83. The molecule has 2 aliphatic rings. The molecule has 2 N–H and O–H groups in total. The predicted octanol–water partition coefficient (Wildman–Crippen LogP) is 2.71. The molecule has 1 saturated carbocycles. The van der Waals surface area contributed by atoms with E-state index in [2.05, 4.69) is 5.38 Å². The van der Waals surface area contributed by atoms with Gasteiger partial charge < -0.3 is 10.5 Å². The van der Waals surface area contributed by atoms with Gasteiger partial charge in [0.15, 0.2) is 0 Å². The number of nitrogens with two attached hydrogens (primary N) is 1. The van der Waals surface area contributed by atoms with E-state index in [4.69, 9.17) is 15.5 Å². The first-order valence-electron chi connectivity index (χ1n) is 7.03. The summed E-state index contributed by atoms with van der Waals surface area (Å²) in [5.74, 6) is 0.718. The minimum absolute atomic E-state index is 0.182. The average molecular weight is 266 g/mol. The lowest BCUT2D eigenvalue weighted by molar-refractivity contribution is -0.106. The fraction of sp³-hybridized carbons (Fsp3) is 0.786. The Bertz CT molecular complexity index is 389. The first-order valence-corrected chi connectivity index (χ1v) is 7.91. The Labute approximate surface area is 113 Å². The molecule has 18 heavy (non-hydrogen) atoms. The Morgan fingerprint density at radius 2 is 2.11 bits per heavy atom. The van der Waals surface area contributed by atoms with E-state index in [1.807, 2.05) is 11.3 Å². The van der Waals surface area contributed by atoms with Crippen LogP contribution in [-0.4, -0.2) is 24.7 Å². The lowest BCUT2D eigenvalue weighted by atomic mass is 9.83. The molecular weight excluding hydrogens is 244 g/mol. The van der Waals surface area contributed by atoms with Crippen molar-refractivity contribution in [2.45, 2.75) is 44.4 Å². The second kappa shape index (κ2) is 5.27. The maximum atomic E-state index is 5.86. The van der Waals surface area contributed by atoms with E-state index in [9.17, 15) is 0 Å². The third kappa shape index (κ3) is 2.46. The van der Waals surface area contributed by atoms with Crippen LogP contribution < -0.4 is 5.73 Å². The standard InChI is InChI=1S/C14H22N2OS/c15-8-14(9-17-10-14)6-13-16-12(7-18-13)11-4-2-1-3-5-11/h7,11H,1-6,8-10,15H2. The normalized spacial score (nSPS) is 23.8. The summed E-state index contributed by atoms with van der Waals surface area (Å²) in [7, 11) is 0. The maximum Gasteiger partial charge on any atom is 0.0936 e. The Kier molecular flexibility index (Phi) is 3.68. The molecule has 1 aliphatic carbocycles. The molecule has 1 aromatic rings. The van der Waals surface area contributed by atoms with Crippen LogP contribution in [0.1, 0.15) is 48.7 Å². The molecule has 0 amide bonds. The van der Waals surface area contributed by atoms with Crippen molar-refractivity contribution in [3.05, 3.63) is 16.1 Å². The van der Waals surface area contributed by atoms with E-state index in [0.29, 0.717) is 6.54 Å². The van der Waals surface area contributed by atoms with Gasteiger partial charge in [-0.05, 0) is 12.8 Å². The molecule has 0 atom stereocenters. The van der Waals surface area contributed by atoms with Crippen molar-refractivity contribution < 1.29 is 4.74 Å². The van der Waals surface area contributed by atoms with Crippen molar-refractivity contribution in [3.63, 3.8) is 0 Å². The molecule has 100 valence electrons. The van der Waals surface area contributed by atoms with Gasteiger partial charge in [-0.1, -0.05) is 19.3 Å². The molecule has 0 spiro atoms. The molecule has 1 aliphatic heterocycles. The van der Waals surface area contributed by atoms with Crippen molar-refractivity contribution in [1.29, 1.82) is 0 Å². The van der Waals surface area contributed by atoms with Gasteiger partial charge in [0.05, 0.1) is 23.9 Å². The molecule has 0 bridgehead atoms. The smallest absolute Gasteiger partial charge is 0.0936 e. The van der Waals surface area contributed by atoms with Gasteiger partial charge in [0, 0.05) is 29.7 Å². The summed E-state index contributed by atoms with van der Waals surface area (Å²) >= 11 is 1.81. The zero-order chi connectivity index (χ0) is 12.4. The number of thiazole rings is 1. The molecular formula is C14H22N2OS. The van der Waals surface area contributed by atoms with Gasteiger partial charge in [-0.15, -0.1) is 11.3 Å². The second-order valence-corrected chi connectivity index (χ2v) is 6.82. The minimum atomic E-state index is 0.182. The zero-order valence-corrected chi connectivity index (χ0v) is 11.7. The van der Waals surface area contributed by atoms with E-state index >= 15 is 0 Å². The monoisotopic (exact) mass is 266 g/mol. The van der Waals surface area contributed by atoms with Crippen molar-refractivity contribution in [2.75, 3.05) is 19.8 Å². The summed E-state index contributed by atoms with van der Waals surface area (Å²) in [5.41, 5.74) is 7.38. The van der Waals surface area contributed by atoms with Crippen LogP contribution in [0.15, 0.2) is 5.38 Å². The summed E-state index contributed by atoms with van der Waals surface area (Å²) < 4.78 is 5.32. The molecule has 0 radical (unpaired) electrons. The number of hydrogen-bond donors (Lipinski definition) is 1. The van der Waals surface area contributed by atoms with E-state index in [0.717, 1.165) is 25.6 Å². The van der Waals surface area contributed by atoms with Crippen molar-refractivity contribution in [3.8, 4) is 0 Å². The van der Waals surface area contributed by atoms with Gasteiger partial charge in [-0.2, -0.15) is 0 Å². The first kappa shape index (κ1) is 12.6. The summed E-state index contributed by atoms with van der Waals surface area (Å²) in [6.45, 7) is 2.33. The first-order chi connectivity index (χ1) is 8.81. The van der Waals surface area contributed by atoms with Crippen LogP contribution in [0.2, 0.25) is 0 Å². The van der Waals surface area contributed by atoms with Crippen LogP contribution >= 0.6 is 11.3 Å². The lowest BCUT2D eigenvalue weighted by Crippen LogP contribution is -2.49. The highest BCUT2D eigenvalue weighted by Gasteiger charge is 2.38. The van der Waals surface area contributed by atoms with Crippen LogP contribution in [0.4, 0.5) is 0 Å². The summed E-state index contributed by atoms with van der Waals surface area (Å²) in [6.07, 6.45) is 7.81. The highest BCUT2D eigenvalue weighted by Crippen LogP contribution is 2.35. The molecule has 3 rings (SSSR count). The van der Waals surface area contributed by atoms with E-state index in [1.54, 1.807) is 0 Å². The quantitative estimate of drug-likeness (QED) is 0.911. The SMILES string of the molecule is NCC1(Cc2nc(C3CCCCC3)cs2)COC1. The van der Waals surface area contributed by atoms with Crippen LogP contribution in [-0.2, 0) is 11.2 Å². The molecule has 2 fully saturated rings. The fourth-order valence-electron chi connectivity index (χ4n) is 3.00. The number of hydrogen-bond acceptors (Lipinski definition) is 4. The van der Waals surface area contributed by atoms with Crippen molar-refractivity contribution in [2.24, 2.45) is 11.1 Å². The van der Waals surface area contributed by atoms with E-state index in [1.165, 1.54) is 42.8 Å². The molecule has 4 heteroatoms. The molecule has 0 aromatic carbocycles. The van der Waals surface area contributed by atoms with Crippen LogP contribution in [0, 0.1) is 5.41 Å². The molecule has 1 aromatic heterocycles. The Morgan fingerprint density at radius 1 is 1.33 bits per heavy atom. The summed E-state index contributed by atoms with van der Waals surface area (Å²) in [4.78, 5) is 4.86. The number of nitrogens with zero attached hydrogens (tertiary/aromatic N) is 1. The highest BCUT2D eigenvalue weighted by atomic mass is 32.1. The number of aromatic nitrogens is 1. The minimum Gasteiger partial charge on any atom is -0.380 e. The largest absolute Gasteiger partial charge is 0.380 e. The molecule has 0 unspecified atom stereocenters. The van der Waals surface area contributed by atoms with Crippen LogP contribution in [0.25, 0.3) is 0 Å². The lowest BCUT2D eigenvalue weighted by Gasteiger charge is -2.39. The number of ether oxygens (including phenoxy) is 1. The summed E-state index contributed by atoms with van der Waals surface area (Å²) in [5, 5.41) is 3.53. The van der Waals surface area contributed by atoms with Crippen LogP contribution in [0.5, 0.6) is 0 Å². The van der Waals surface area contributed by atoms with Gasteiger partial charge in [0.1, 0.15) is 0 Å². The van der Waals surface area contributed by atoms with E-state index in [-0.39, 0.29) is 5.41 Å². The molecule has 3 nitrogen and oxygen atoms in total. The van der Waals surface area contributed by atoms with Gasteiger partial charge >= 0.3 is 0 Å². The van der Waals surface area contributed by atoms with Crippen molar-refractivity contribution >= 4 is 11.3 Å². The third-order valence-electron chi connectivity index (χ3n) is 4.37. The topological polar surface area (TPSA) is 48.1 Å². The van der Waals surface area contributed by atoms with E-state index < -0.39 is 0 Å². The van der Waals surface area contributed by atoms with Gasteiger partial charge in [-0.3, -0.25) is 0 Å². The maximum absolute atomic E-state index is 5.86. The molecule has 1 saturated heterocycles. The third-order valence-corrected chi connectivity index (χ3v) is 5.24. The van der Waals surface area contributed by atoms with Gasteiger partial charge in [0.25, 0.3) is 0 Å². The molecule has 2 heterocycles. The van der Waals surface area contributed by atoms with Crippen LogP contribution in [0.3, 0.4) is 0 Å². The Hall–Kier alpha value is -0.450. The van der Waals surface area contributed by atoms with Crippen molar-refractivity contribution in [1.82, 2.24) is 4.98 Å². The second-order valence-electron chi connectivity index (χ2n) is 5.87. The van der Waals surface area contributed by atoms with Gasteiger partial charge in [-0.25, -0.2) is 4.98 Å². The zero-order valence-electron chi connectivity index (χ0n) is 10.9. The Balaban J connectivity index is 1.65. The fourth-order valence-corrected chi connectivity index (χ4v) is 4.05. The predicted molar refractivity (Wildman–Crippen MR) is 74.0 cm³/mol. The highest BCUT2D eigenvalue weighted by molar-refractivity contribution is 7.09. The number of rotatable bonds is 4. The van der Waals surface area contributed by atoms with Gasteiger partial charge in [0.2, 0.25) is 0 Å². The summed E-state index contributed by atoms with van der Waals surface area (Å²) in [6, 6.07) is 0. The Morgan fingerprint density at radius 3 is 2.72 bits per heavy atom.